The van der Waals surface area contributed by atoms with Gasteiger partial charge in [-0.15, -0.1) is 0 Å². The lowest BCUT2D eigenvalue weighted by Crippen LogP contribution is -2.01. The zero-order chi connectivity index (χ0) is 14.8. The maximum Gasteiger partial charge on any atom is 0.313 e. The van der Waals surface area contributed by atoms with Crippen LogP contribution < -0.4 is 4.74 Å². The van der Waals surface area contributed by atoms with Gasteiger partial charge < -0.3 is 9.84 Å². The van der Waals surface area contributed by atoms with Gasteiger partial charge in [-0.3, -0.25) is 9.36 Å². The van der Waals surface area contributed by atoms with Crippen molar-refractivity contribution in [2.75, 3.05) is 12.9 Å². The van der Waals surface area contributed by atoms with Gasteiger partial charge in [-0.05, 0) is 11.4 Å². The molecule has 0 unspecified atom stereocenters. The Morgan fingerprint density at radius 1 is 1.52 bits per heavy atom. The van der Waals surface area contributed by atoms with Gasteiger partial charge in [0.15, 0.2) is 16.3 Å². The minimum Gasteiger partial charge on any atom is -0.481 e. The number of imidazole rings is 1. The summed E-state index contributed by atoms with van der Waals surface area (Å²) in [6.45, 7) is 0. The lowest BCUT2D eigenvalue weighted by molar-refractivity contribution is -0.133. The molecular weight excluding hydrogens is 312 g/mol. The predicted molar refractivity (Wildman–Crippen MR) is 79.4 cm³/mol. The number of carboxylic acid groups (broad SMARTS) is 1. The molecule has 0 aliphatic carbocycles. The third-order valence-electron chi connectivity index (χ3n) is 2.66. The molecule has 9 heteroatoms. The highest BCUT2D eigenvalue weighted by Gasteiger charge is 2.19. The highest BCUT2D eigenvalue weighted by molar-refractivity contribution is 7.99. The molecule has 0 saturated carbocycles. The first-order valence-corrected chi connectivity index (χ1v) is 7.78. The Morgan fingerprint density at radius 2 is 2.38 bits per heavy atom. The van der Waals surface area contributed by atoms with E-state index < -0.39 is 5.97 Å². The zero-order valence-corrected chi connectivity index (χ0v) is 12.5. The fourth-order valence-corrected chi connectivity index (χ4v) is 3.19. The number of aromatic nitrogens is 4. The van der Waals surface area contributed by atoms with E-state index in [1.54, 1.807) is 11.3 Å². The third kappa shape index (κ3) is 2.57. The quantitative estimate of drug-likeness (QED) is 0.719. The molecule has 0 atom stereocenters. The molecule has 3 heterocycles. The molecule has 21 heavy (non-hydrogen) atoms. The van der Waals surface area contributed by atoms with E-state index in [-0.39, 0.29) is 5.75 Å². The second-order valence-corrected chi connectivity index (χ2v) is 5.67. The Labute approximate surface area is 127 Å². The van der Waals surface area contributed by atoms with E-state index in [0.717, 1.165) is 17.4 Å². The molecule has 3 aromatic rings. The van der Waals surface area contributed by atoms with Crippen LogP contribution in [0.25, 0.3) is 16.9 Å². The summed E-state index contributed by atoms with van der Waals surface area (Å²) >= 11 is 2.67. The van der Waals surface area contributed by atoms with Crippen molar-refractivity contribution in [2.45, 2.75) is 5.16 Å². The molecule has 7 nitrogen and oxygen atoms in total. The van der Waals surface area contributed by atoms with Gasteiger partial charge in [0.05, 0.1) is 18.6 Å². The summed E-state index contributed by atoms with van der Waals surface area (Å²) < 4.78 is 7.00. The maximum atomic E-state index is 10.8. The number of aliphatic carboxylic acids is 1. The number of thioether (sulfide) groups is 1. The van der Waals surface area contributed by atoms with Crippen molar-refractivity contribution in [2.24, 2.45) is 0 Å². The van der Waals surface area contributed by atoms with Crippen molar-refractivity contribution in [1.82, 2.24) is 19.5 Å². The molecular formula is C12H10N4O3S2. The molecule has 0 radical (unpaired) electrons. The third-order valence-corrected chi connectivity index (χ3v) is 4.26. The monoisotopic (exact) mass is 322 g/mol. The van der Waals surface area contributed by atoms with Gasteiger partial charge in [0.1, 0.15) is 6.33 Å². The number of methoxy groups -OCH3 is 1. The number of rotatable bonds is 5. The molecule has 0 fully saturated rings. The molecule has 0 aliphatic heterocycles. The Bertz CT molecular complexity index is 785. The van der Waals surface area contributed by atoms with Crippen LogP contribution in [0.1, 0.15) is 0 Å². The van der Waals surface area contributed by atoms with Gasteiger partial charge in [-0.2, -0.15) is 16.3 Å². The molecule has 0 aliphatic rings. The SMILES string of the molecule is COc1ncnc2c1nc(SCC(=O)O)n2-c1ccsc1. The Hall–Kier alpha value is -2.13. The second kappa shape index (κ2) is 5.70. The van der Waals surface area contributed by atoms with Gasteiger partial charge in [0.2, 0.25) is 5.88 Å². The van der Waals surface area contributed by atoms with Crippen molar-refractivity contribution >= 4 is 40.2 Å². The normalized spacial score (nSPS) is 10.9. The number of hydrogen-bond donors (Lipinski definition) is 1. The molecule has 0 bridgehead atoms. The highest BCUT2D eigenvalue weighted by Crippen LogP contribution is 2.30. The summed E-state index contributed by atoms with van der Waals surface area (Å²) in [6.07, 6.45) is 1.40. The first-order valence-electron chi connectivity index (χ1n) is 5.85. The minimum absolute atomic E-state index is 0.0802. The average molecular weight is 322 g/mol. The van der Waals surface area contributed by atoms with Crippen LogP contribution in [-0.4, -0.2) is 43.5 Å². The van der Waals surface area contributed by atoms with Gasteiger partial charge in [0, 0.05) is 5.38 Å². The highest BCUT2D eigenvalue weighted by atomic mass is 32.2. The summed E-state index contributed by atoms with van der Waals surface area (Å²) in [7, 11) is 1.51. The van der Waals surface area contributed by atoms with Crippen molar-refractivity contribution < 1.29 is 14.6 Å². The Morgan fingerprint density at radius 3 is 3.05 bits per heavy atom. The molecule has 3 aromatic heterocycles. The van der Waals surface area contributed by atoms with Crippen molar-refractivity contribution in [3.8, 4) is 11.6 Å². The van der Waals surface area contributed by atoms with E-state index in [2.05, 4.69) is 15.0 Å². The van der Waals surface area contributed by atoms with E-state index in [4.69, 9.17) is 9.84 Å². The number of fused-ring (bicyclic) bond motifs is 1. The van der Waals surface area contributed by atoms with Crippen molar-refractivity contribution in [3.63, 3.8) is 0 Å². The van der Waals surface area contributed by atoms with Crippen LogP contribution in [-0.2, 0) is 4.79 Å². The lowest BCUT2D eigenvalue weighted by Gasteiger charge is -2.04. The molecule has 108 valence electrons. The minimum atomic E-state index is -0.901. The van der Waals surface area contributed by atoms with E-state index in [1.165, 1.54) is 13.4 Å². The second-order valence-electron chi connectivity index (χ2n) is 3.95. The van der Waals surface area contributed by atoms with Crippen LogP contribution in [0.4, 0.5) is 0 Å². The molecule has 0 amide bonds. The molecule has 0 aromatic carbocycles. The van der Waals surface area contributed by atoms with Crippen molar-refractivity contribution in [3.05, 3.63) is 23.2 Å². The van der Waals surface area contributed by atoms with E-state index in [9.17, 15) is 4.79 Å². The van der Waals surface area contributed by atoms with Crippen LogP contribution in [0, 0.1) is 0 Å². The maximum absolute atomic E-state index is 10.8. The van der Waals surface area contributed by atoms with Crippen LogP contribution >= 0.6 is 23.1 Å². The van der Waals surface area contributed by atoms with Gasteiger partial charge in [-0.25, -0.2) is 9.97 Å². The summed E-state index contributed by atoms with van der Waals surface area (Å²) in [5.74, 6) is -0.614. The number of thiophene rings is 1. The predicted octanol–water partition coefficient (Wildman–Crippen LogP) is 2.06. The fraction of sp³-hybridized carbons (Fsp3) is 0.167. The number of carbonyl (C=O) groups is 1. The van der Waals surface area contributed by atoms with Crippen LogP contribution in [0.3, 0.4) is 0 Å². The Kier molecular flexibility index (Phi) is 3.76. The fourth-order valence-electron chi connectivity index (χ4n) is 1.84. The van der Waals surface area contributed by atoms with Crippen molar-refractivity contribution in [1.29, 1.82) is 0 Å². The Balaban J connectivity index is 2.20. The summed E-state index contributed by atoms with van der Waals surface area (Å²) in [5, 5.41) is 13.3. The summed E-state index contributed by atoms with van der Waals surface area (Å²) in [6, 6.07) is 1.92. The zero-order valence-electron chi connectivity index (χ0n) is 10.9. The number of carboxylic acids is 1. The molecule has 3 rings (SSSR count). The van der Waals surface area contributed by atoms with Crippen LogP contribution in [0.15, 0.2) is 28.3 Å². The summed E-state index contributed by atoms with van der Waals surface area (Å²) in [4.78, 5) is 23.5. The topological polar surface area (TPSA) is 90.1 Å². The van der Waals surface area contributed by atoms with Gasteiger partial charge in [-0.1, -0.05) is 11.8 Å². The summed E-state index contributed by atoms with van der Waals surface area (Å²) in [5.41, 5.74) is 1.99. The number of nitrogens with zero attached hydrogens (tertiary/aromatic N) is 4. The molecule has 0 saturated heterocycles. The number of hydrogen-bond acceptors (Lipinski definition) is 7. The molecule has 0 spiro atoms. The van der Waals surface area contributed by atoms with E-state index in [0.29, 0.717) is 22.2 Å². The average Bonchev–Trinajstić information content (AvgIpc) is 3.10. The standard InChI is InChI=1S/C12H10N4O3S2/c1-19-11-9-10(13-6-14-11)16(7-2-3-20-4-7)12(15-9)21-5-8(17)18/h2-4,6H,5H2,1H3,(H,17,18). The lowest BCUT2D eigenvalue weighted by atomic mass is 10.5. The van der Waals surface area contributed by atoms with Crippen LogP contribution in [0.5, 0.6) is 5.88 Å². The van der Waals surface area contributed by atoms with E-state index >= 15 is 0 Å². The van der Waals surface area contributed by atoms with Gasteiger partial charge in [0.25, 0.3) is 0 Å². The first-order chi connectivity index (χ1) is 10.2. The first kappa shape index (κ1) is 13.8. The van der Waals surface area contributed by atoms with Gasteiger partial charge >= 0.3 is 5.97 Å². The van der Waals surface area contributed by atoms with Crippen LogP contribution in [0.2, 0.25) is 0 Å². The van der Waals surface area contributed by atoms with E-state index in [1.807, 2.05) is 21.4 Å². The largest absolute Gasteiger partial charge is 0.481 e. The number of ether oxygens (including phenoxy) is 1. The molecule has 1 N–H and O–H groups in total. The smallest absolute Gasteiger partial charge is 0.313 e.